The molecule has 0 spiro atoms. The molecule has 9 nitrogen and oxygen atoms in total. The lowest BCUT2D eigenvalue weighted by Crippen LogP contribution is -2.43. The summed E-state index contributed by atoms with van der Waals surface area (Å²) in [5.41, 5.74) is 3.34. The fourth-order valence-corrected chi connectivity index (χ4v) is 4.44. The molecule has 0 aliphatic carbocycles. The molecule has 1 N–H and O–H groups in total. The van der Waals surface area contributed by atoms with Gasteiger partial charge in [0.25, 0.3) is 5.56 Å². The second kappa shape index (κ2) is 9.84. The third kappa shape index (κ3) is 5.15. The van der Waals surface area contributed by atoms with Crippen LogP contribution in [0, 0.1) is 6.92 Å². The molecule has 0 bridgehead atoms. The van der Waals surface area contributed by atoms with Gasteiger partial charge in [-0.05, 0) is 44.5 Å². The number of hydrogen-bond acceptors (Lipinski definition) is 8. The highest BCUT2D eigenvalue weighted by Gasteiger charge is 2.20. The van der Waals surface area contributed by atoms with Gasteiger partial charge < -0.3 is 24.3 Å². The number of pyridine rings is 2. The fourth-order valence-electron chi connectivity index (χ4n) is 4.44. The molecule has 5 heterocycles. The van der Waals surface area contributed by atoms with Crippen LogP contribution in [0.4, 0.5) is 0 Å². The maximum absolute atomic E-state index is 12.4. The number of hydrogen-bond donors (Lipinski definition) is 1. The zero-order chi connectivity index (χ0) is 22.6. The third-order valence-electron chi connectivity index (χ3n) is 6.33. The van der Waals surface area contributed by atoms with Gasteiger partial charge in [-0.3, -0.25) is 9.78 Å². The molecule has 2 aliphatic heterocycles. The second-order valence-electron chi connectivity index (χ2n) is 8.77. The Kier molecular flexibility index (Phi) is 6.50. The molecule has 0 unspecified atom stereocenters. The van der Waals surface area contributed by atoms with Crippen LogP contribution < -0.4 is 20.3 Å². The molecule has 5 rings (SSSR count). The van der Waals surface area contributed by atoms with Crippen LogP contribution in [0.15, 0.2) is 35.5 Å². The molecule has 0 atom stereocenters. The molecule has 0 saturated carbocycles. The molecule has 3 aromatic heterocycles. The van der Waals surface area contributed by atoms with Crippen molar-refractivity contribution in [3.8, 4) is 11.5 Å². The topological polar surface area (TPSA) is 94.4 Å². The Bertz CT molecular complexity index is 1170. The van der Waals surface area contributed by atoms with E-state index in [-0.39, 0.29) is 5.56 Å². The van der Waals surface area contributed by atoms with Gasteiger partial charge in [0.2, 0.25) is 0 Å². The smallest absolute Gasteiger partial charge is 0.269 e. The van der Waals surface area contributed by atoms with Crippen molar-refractivity contribution in [3.05, 3.63) is 52.3 Å². The Morgan fingerprint density at radius 2 is 1.79 bits per heavy atom. The van der Waals surface area contributed by atoms with Crippen LogP contribution >= 0.6 is 0 Å². The van der Waals surface area contributed by atoms with Crippen molar-refractivity contribution in [2.75, 3.05) is 32.8 Å². The number of nitrogens with one attached hydrogen (secondary N) is 1. The minimum Gasteiger partial charge on any atom is -0.489 e. The Labute approximate surface area is 192 Å². The van der Waals surface area contributed by atoms with E-state index in [1.807, 2.05) is 19.1 Å². The van der Waals surface area contributed by atoms with Crippen molar-refractivity contribution < 1.29 is 9.47 Å². The van der Waals surface area contributed by atoms with E-state index < -0.39 is 0 Å². The van der Waals surface area contributed by atoms with E-state index in [1.54, 1.807) is 17.0 Å². The van der Waals surface area contributed by atoms with E-state index in [2.05, 4.69) is 25.2 Å². The number of piperidine rings is 1. The highest BCUT2D eigenvalue weighted by atomic mass is 16.5. The van der Waals surface area contributed by atoms with Crippen LogP contribution in [0.2, 0.25) is 0 Å². The quantitative estimate of drug-likeness (QED) is 0.609. The van der Waals surface area contributed by atoms with E-state index in [0.29, 0.717) is 38.0 Å². The Morgan fingerprint density at radius 3 is 2.64 bits per heavy atom. The predicted molar refractivity (Wildman–Crippen MR) is 125 cm³/mol. The first-order valence-corrected chi connectivity index (χ1v) is 11.7. The number of fused-ring (bicyclic) bond motifs is 2. The monoisotopic (exact) mass is 450 g/mol. The minimum absolute atomic E-state index is 0.0749. The first kappa shape index (κ1) is 21.8. The molecule has 174 valence electrons. The largest absolute Gasteiger partial charge is 0.489 e. The van der Waals surface area contributed by atoms with E-state index in [1.165, 1.54) is 6.20 Å². The summed E-state index contributed by atoms with van der Waals surface area (Å²) >= 11 is 0. The average Bonchev–Trinajstić information content (AvgIpc) is 3.08. The lowest BCUT2D eigenvalue weighted by atomic mass is 10.0. The molecule has 0 radical (unpaired) electrons. The summed E-state index contributed by atoms with van der Waals surface area (Å²) in [6.07, 6.45) is 7.94. The van der Waals surface area contributed by atoms with Crippen LogP contribution in [0.3, 0.4) is 0 Å². The summed E-state index contributed by atoms with van der Waals surface area (Å²) < 4.78 is 13.2. The molecular weight excluding hydrogens is 420 g/mol. The lowest BCUT2D eigenvalue weighted by molar-refractivity contribution is 0.191. The summed E-state index contributed by atoms with van der Waals surface area (Å²) in [5.74, 6) is 1.52. The Morgan fingerprint density at radius 1 is 1.00 bits per heavy atom. The molecule has 1 fully saturated rings. The van der Waals surface area contributed by atoms with Gasteiger partial charge in [-0.25, -0.2) is 9.97 Å². The van der Waals surface area contributed by atoms with E-state index in [4.69, 9.17) is 9.47 Å². The molecular formula is C24H30N6O3. The zero-order valence-electron chi connectivity index (χ0n) is 19.0. The van der Waals surface area contributed by atoms with Crippen LogP contribution in [0.25, 0.3) is 11.2 Å². The highest BCUT2D eigenvalue weighted by Crippen LogP contribution is 2.29. The van der Waals surface area contributed by atoms with E-state index in [0.717, 1.165) is 67.2 Å². The average molecular weight is 451 g/mol. The van der Waals surface area contributed by atoms with Gasteiger partial charge in [-0.2, -0.15) is 0 Å². The molecule has 2 aliphatic rings. The third-order valence-corrected chi connectivity index (χ3v) is 6.33. The van der Waals surface area contributed by atoms with Crippen molar-refractivity contribution in [1.82, 2.24) is 29.7 Å². The summed E-state index contributed by atoms with van der Waals surface area (Å²) in [7, 11) is 0. The van der Waals surface area contributed by atoms with Crippen molar-refractivity contribution in [1.29, 1.82) is 0 Å². The van der Waals surface area contributed by atoms with Crippen molar-refractivity contribution in [2.45, 2.75) is 45.3 Å². The molecule has 33 heavy (non-hydrogen) atoms. The van der Waals surface area contributed by atoms with Gasteiger partial charge in [-0.15, -0.1) is 0 Å². The van der Waals surface area contributed by atoms with Gasteiger partial charge in [0.1, 0.15) is 0 Å². The summed E-state index contributed by atoms with van der Waals surface area (Å²) in [6, 6.07) is 4.42. The highest BCUT2D eigenvalue weighted by molar-refractivity contribution is 5.70. The number of nitrogens with zero attached hydrogens (tertiary/aromatic N) is 5. The Hall–Kier alpha value is -3.04. The van der Waals surface area contributed by atoms with Gasteiger partial charge in [-0.1, -0.05) is 0 Å². The summed E-state index contributed by atoms with van der Waals surface area (Å²) in [4.78, 5) is 27.9. The van der Waals surface area contributed by atoms with E-state index in [9.17, 15) is 4.79 Å². The molecule has 9 heteroatoms. The van der Waals surface area contributed by atoms with Crippen molar-refractivity contribution in [2.24, 2.45) is 0 Å². The molecule has 1 saturated heterocycles. The van der Waals surface area contributed by atoms with Crippen LogP contribution in [-0.4, -0.2) is 63.3 Å². The van der Waals surface area contributed by atoms with Gasteiger partial charge in [0, 0.05) is 44.4 Å². The molecule has 0 amide bonds. The van der Waals surface area contributed by atoms with Crippen LogP contribution in [0.5, 0.6) is 11.5 Å². The van der Waals surface area contributed by atoms with Gasteiger partial charge >= 0.3 is 0 Å². The normalized spacial score (nSPS) is 17.2. The SMILES string of the molecule is Cc1cnc2ncc(=O)n(CCN3CCC(NCc4cc5c(cn4)OCCCO5)CC3)c2c1. The van der Waals surface area contributed by atoms with Crippen LogP contribution in [-0.2, 0) is 13.1 Å². The Balaban J connectivity index is 1.12. The number of ether oxygens (including phenoxy) is 2. The van der Waals surface area contributed by atoms with Crippen molar-refractivity contribution >= 4 is 11.2 Å². The minimum atomic E-state index is -0.0749. The maximum atomic E-state index is 12.4. The van der Waals surface area contributed by atoms with Gasteiger partial charge in [0.15, 0.2) is 17.1 Å². The van der Waals surface area contributed by atoms with Crippen LogP contribution in [0.1, 0.15) is 30.5 Å². The lowest BCUT2D eigenvalue weighted by Gasteiger charge is -2.32. The standard InChI is InChI=1S/C24H30N6O3/c1-17-11-20-24(27-13-17)28-16-23(31)30(20)8-7-29-5-3-18(4-6-29)25-14-19-12-21-22(15-26-19)33-10-2-9-32-21/h11-13,15-16,18,25H,2-10,14H2,1H3. The molecule has 3 aromatic rings. The number of aryl methyl sites for hydroxylation is 1. The second-order valence-corrected chi connectivity index (χ2v) is 8.77. The molecule has 0 aromatic carbocycles. The number of rotatable bonds is 6. The summed E-state index contributed by atoms with van der Waals surface area (Å²) in [6.45, 7) is 7.53. The number of aromatic nitrogens is 4. The number of likely N-dealkylation sites (tertiary alicyclic amines) is 1. The predicted octanol–water partition coefficient (Wildman–Crippen LogP) is 1.91. The maximum Gasteiger partial charge on any atom is 0.269 e. The zero-order valence-corrected chi connectivity index (χ0v) is 19.0. The first-order chi connectivity index (χ1) is 16.2. The first-order valence-electron chi connectivity index (χ1n) is 11.7. The van der Waals surface area contributed by atoms with E-state index >= 15 is 0 Å². The van der Waals surface area contributed by atoms with Crippen molar-refractivity contribution in [3.63, 3.8) is 0 Å². The summed E-state index contributed by atoms with van der Waals surface area (Å²) in [5, 5.41) is 3.64. The van der Waals surface area contributed by atoms with Gasteiger partial charge in [0.05, 0.1) is 36.8 Å². The fraction of sp³-hybridized carbons (Fsp3) is 0.500.